The number of carbonyl (C=O) groups excluding carboxylic acids is 4. The second-order valence-electron chi connectivity index (χ2n) is 8.60. The van der Waals surface area contributed by atoms with Crippen molar-refractivity contribution in [2.24, 2.45) is 11.8 Å². The van der Waals surface area contributed by atoms with Gasteiger partial charge in [-0.1, -0.05) is 63.8 Å². The number of aromatic hydroxyl groups is 2. The highest BCUT2D eigenvalue weighted by Crippen LogP contribution is 2.21. The minimum Gasteiger partial charge on any atom is -0.507 e. The van der Waals surface area contributed by atoms with Gasteiger partial charge >= 0.3 is 0 Å². The number of phenols is 2. The zero-order valence-corrected chi connectivity index (χ0v) is 20.5. The maximum absolute atomic E-state index is 12.9. The van der Waals surface area contributed by atoms with Crippen molar-refractivity contribution in [2.45, 2.75) is 52.4 Å². The summed E-state index contributed by atoms with van der Waals surface area (Å²) >= 11 is 0. The fourth-order valence-corrected chi connectivity index (χ4v) is 3.64. The van der Waals surface area contributed by atoms with E-state index in [1.165, 1.54) is 24.3 Å². The summed E-state index contributed by atoms with van der Waals surface area (Å²) in [5.41, 5.74) is 9.33. The molecule has 2 aromatic carbocycles. The SMILES string of the molecule is CCCCCCC(CC(C)C(=O)NNC(=O)c1ccccc1O)C(=O)NNC(=O)c1ccccc1O. The number of unbranched alkanes of at least 4 members (excludes halogenated alkanes) is 3. The molecular weight excluding hydrogens is 464 g/mol. The van der Waals surface area contributed by atoms with E-state index in [-0.39, 0.29) is 29.0 Å². The molecule has 4 amide bonds. The van der Waals surface area contributed by atoms with Gasteiger partial charge in [0.2, 0.25) is 11.8 Å². The highest BCUT2D eigenvalue weighted by Gasteiger charge is 2.25. The van der Waals surface area contributed by atoms with Crippen molar-refractivity contribution in [3.8, 4) is 11.5 Å². The molecule has 6 N–H and O–H groups in total. The smallest absolute Gasteiger partial charge is 0.273 e. The highest BCUT2D eigenvalue weighted by molar-refractivity contribution is 5.98. The first-order chi connectivity index (χ1) is 17.2. The van der Waals surface area contributed by atoms with Gasteiger partial charge < -0.3 is 10.2 Å². The van der Waals surface area contributed by atoms with Gasteiger partial charge in [-0.15, -0.1) is 0 Å². The summed E-state index contributed by atoms with van der Waals surface area (Å²) in [7, 11) is 0. The van der Waals surface area contributed by atoms with Gasteiger partial charge in [-0.05, 0) is 37.1 Å². The number of hydrogen-bond acceptors (Lipinski definition) is 6. The average molecular weight is 499 g/mol. The molecule has 10 heteroatoms. The molecule has 0 bridgehead atoms. The molecule has 0 heterocycles. The maximum Gasteiger partial charge on any atom is 0.273 e. The van der Waals surface area contributed by atoms with Crippen LogP contribution in [0.25, 0.3) is 0 Å². The van der Waals surface area contributed by atoms with Crippen LogP contribution < -0.4 is 21.7 Å². The number of hydrogen-bond donors (Lipinski definition) is 6. The van der Waals surface area contributed by atoms with E-state index in [0.717, 1.165) is 25.7 Å². The molecule has 10 nitrogen and oxygen atoms in total. The Kier molecular flexibility index (Phi) is 11.2. The number of hydrazine groups is 2. The monoisotopic (exact) mass is 498 g/mol. The quantitative estimate of drug-likeness (QED) is 0.207. The normalized spacial score (nSPS) is 12.2. The summed E-state index contributed by atoms with van der Waals surface area (Å²) in [6, 6.07) is 11.9. The summed E-state index contributed by atoms with van der Waals surface area (Å²) in [6.45, 7) is 3.71. The van der Waals surface area contributed by atoms with Crippen LogP contribution in [0.15, 0.2) is 48.5 Å². The van der Waals surface area contributed by atoms with Crippen molar-refractivity contribution in [1.29, 1.82) is 0 Å². The van der Waals surface area contributed by atoms with E-state index in [1.807, 2.05) is 0 Å². The predicted octanol–water partition coefficient (Wildman–Crippen LogP) is 2.93. The van der Waals surface area contributed by atoms with Gasteiger partial charge in [0.1, 0.15) is 11.5 Å². The lowest BCUT2D eigenvalue weighted by molar-refractivity contribution is -0.129. The topological polar surface area (TPSA) is 157 Å². The van der Waals surface area contributed by atoms with Gasteiger partial charge in [-0.25, -0.2) is 0 Å². The molecule has 0 aliphatic heterocycles. The molecule has 194 valence electrons. The zero-order valence-electron chi connectivity index (χ0n) is 20.5. The van der Waals surface area contributed by atoms with Crippen molar-refractivity contribution in [3.05, 3.63) is 59.7 Å². The fourth-order valence-electron chi connectivity index (χ4n) is 3.64. The Bertz CT molecular complexity index is 1060. The Balaban J connectivity index is 1.94. The number of carbonyl (C=O) groups is 4. The molecule has 0 aromatic heterocycles. The van der Waals surface area contributed by atoms with Gasteiger partial charge in [-0.2, -0.15) is 0 Å². The number of phenolic OH excluding ortho intramolecular Hbond substituents is 2. The molecule has 0 spiro atoms. The van der Waals surface area contributed by atoms with Crippen LogP contribution in [0.1, 0.15) is 73.1 Å². The molecule has 0 saturated carbocycles. The van der Waals surface area contributed by atoms with E-state index < -0.39 is 35.5 Å². The van der Waals surface area contributed by atoms with E-state index in [4.69, 9.17) is 0 Å². The summed E-state index contributed by atoms with van der Waals surface area (Å²) in [5, 5.41) is 19.6. The first-order valence-corrected chi connectivity index (χ1v) is 12.0. The molecule has 0 aliphatic rings. The van der Waals surface area contributed by atoms with E-state index in [9.17, 15) is 29.4 Å². The third-order valence-corrected chi connectivity index (χ3v) is 5.76. The predicted molar refractivity (Wildman–Crippen MR) is 133 cm³/mol. The number of amides is 4. The minimum atomic E-state index is -0.672. The molecule has 0 fully saturated rings. The second kappa shape index (κ2) is 14.3. The molecule has 0 radical (unpaired) electrons. The van der Waals surface area contributed by atoms with Gasteiger partial charge in [0, 0.05) is 11.8 Å². The summed E-state index contributed by atoms with van der Waals surface area (Å²) in [4.78, 5) is 49.9. The second-order valence-corrected chi connectivity index (χ2v) is 8.60. The van der Waals surface area contributed by atoms with Crippen LogP contribution in [0.5, 0.6) is 11.5 Å². The van der Waals surface area contributed by atoms with Crippen LogP contribution >= 0.6 is 0 Å². The number of nitrogens with one attached hydrogen (secondary N) is 4. The average Bonchev–Trinajstić information content (AvgIpc) is 2.87. The van der Waals surface area contributed by atoms with Gasteiger partial charge in [0.05, 0.1) is 11.1 Å². The van der Waals surface area contributed by atoms with Crippen LogP contribution in [0.4, 0.5) is 0 Å². The zero-order chi connectivity index (χ0) is 26.5. The van der Waals surface area contributed by atoms with Gasteiger partial charge in [-0.3, -0.25) is 40.9 Å². The summed E-state index contributed by atoms with van der Waals surface area (Å²) < 4.78 is 0. The Morgan fingerprint density at radius 1 is 0.722 bits per heavy atom. The van der Waals surface area contributed by atoms with E-state index in [0.29, 0.717) is 6.42 Å². The standard InChI is InChI=1S/C26H34N4O6/c1-3-4-5-6-11-18(24(34)28-30-26(36)20-13-8-10-15-22(20)32)16-17(2)23(33)27-29-25(35)19-12-7-9-14-21(19)31/h7-10,12-15,17-18,31-32H,3-6,11,16H2,1-2H3,(H,27,33)(H,28,34)(H,29,35)(H,30,36). The Morgan fingerprint density at radius 3 is 1.72 bits per heavy atom. The molecule has 2 unspecified atom stereocenters. The molecule has 2 atom stereocenters. The van der Waals surface area contributed by atoms with Crippen molar-refractivity contribution >= 4 is 23.6 Å². The molecule has 36 heavy (non-hydrogen) atoms. The third-order valence-electron chi connectivity index (χ3n) is 5.76. The third kappa shape index (κ3) is 8.61. The van der Waals surface area contributed by atoms with Crippen LogP contribution in [-0.4, -0.2) is 33.8 Å². The Hall–Kier alpha value is -4.08. The van der Waals surface area contributed by atoms with Crippen molar-refractivity contribution in [2.75, 3.05) is 0 Å². The van der Waals surface area contributed by atoms with Crippen molar-refractivity contribution in [1.82, 2.24) is 21.7 Å². The number of benzene rings is 2. The highest BCUT2D eigenvalue weighted by atomic mass is 16.3. The van der Waals surface area contributed by atoms with E-state index in [1.54, 1.807) is 31.2 Å². The first-order valence-electron chi connectivity index (χ1n) is 12.0. The number of para-hydroxylation sites is 2. The van der Waals surface area contributed by atoms with Crippen LogP contribution in [0, 0.1) is 11.8 Å². The Labute approximate surface area is 210 Å². The van der Waals surface area contributed by atoms with Crippen LogP contribution in [0.2, 0.25) is 0 Å². The first kappa shape index (κ1) is 28.2. The van der Waals surface area contributed by atoms with Crippen LogP contribution in [-0.2, 0) is 9.59 Å². The lowest BCUT2D eigenvalue weighted by Gasteiger charge is -2.21. The van der Waals surface area contributed by atoms with Crippen molar-refractivity contribution < 1.29 is 29.4 Å². The summed E-state index contributed by atoms with van der Waals surface area (Å²) in [6.07, 6.45) is 4.46. The lowest BCUT2D eigenvalue weighted by atomic mass is 9.90. The largest absolute Gasteiger partial charge is 0.507 e. The molecular formula is C26H34N4O6. The maximum atomic E-state index is 12.9. The summed E-state index contributed by atoms with van der Waals surface area (Å²) in [5.74, 6) is -3.91. The van der Waals surface area contributed by atoms with E-state index >= 15 is 0 Å². The molecule has 0 aliphatic carbocycles. The fraction of sp³-hybridized carbons (Fsp3) is 0.385. The van der Waals surface area contributed by atoms with Gasteiger partial charge in [0.15, 0.2) is 0 Å². The van der Waals surface area contributed by atoms with Gasteiger partial charge in [0.25, 0.3) is 11.8 Å². The molecule has 0 saturated heterocycles. The van der Waals surface area contributed by atoms with E-state index in [2.05, 4.69) is 28.6 Å². The van der Waals surface area contributed by atoms with Crippen LogP contribution in [0.3, 0.4) is 0 Å². The molecule has 2 aromatic rings. The number of rotatable bonds is 11. The molecule has 2 rings (SSSR count). The minimum absolute atomic E-state index is 0.0128. The van der Waals surface area contributed by atoms with Crippen molar-refractivity contribution in [3.63, 3.8) is 0 Å². The Morgan fingerprint density at radius 2 is 1.22 bits per heavy atom. The lowest BCUT2D eigenvalue weighted by Crippen LogP contribution is -2.47.